The highest BCUT2D eigenvalue weighted by atomic mass is 16.5. The molecule has 0 bridgehead atoms. The Labute approximate surface area is 106 Å². The number of hydrogen-bond donors (Lipinski definition) is 3. The average Bonchev–Trinajstić information content (AvgIpc) is 2.32. The number of nitrogens with one attached hydrogen (secondary N) is 1. The lowest BCUT2D eigenvalue weighted by molar-refractivity contribution is 0.0698. The predicted molar refractivity (Wildman–Crippen MR) is 69.8 cm³/mol. The molecular weight excluding hydrogens is 234 g/mol. The van der Waals surface area contributed by atoms with Gasteiger partial charge in [0.25, 0.3) is 0 Å². The van der Waals surface area contributed by atoms with E-state index < -0.39 is 5.97 Å². The van der Waals surface area contributed by atoms with E-state index in [1.54, 1.807) is 7.11 Å². The fourth-order valence-electron chi connectivity index (χ4n) is 1.69. The van der Waals surface area contributed by atoms with E-state index in [1.807, 2.05) is 0 Å². The molecule has 6 nitrogen and oxygen atoms in total. The minimum absolute atomic E-state index is 0.0557. The Morgan fingerprint density at radius 2 is 2.39 bits per heavy atom. The quantitative estimate of drug-likeness (QED) is 0.682. The maximum absolute atomic E-state index is 11.0. The highest BCUT2D eigenvalue weighted by molar-refractivity contribution is 5.94. The van der Waals surface area contributed by atoms with Crippen molar-refractivity contribution >= 4 is 17.5 Å². The van der Waals surface area contributed by atoms with Crippen LogP contribution in [0.4, 0.5) is 11.5 Å². The summed E-state index contributed by atoms with van der Waals surface area (Å²) in [6.45, 7) is 2.62. The topological polar surface area (TPSA) is 97.5 Å². The van der Waals surface area contributed by atoms with Gasteiger partial charge in [-0.05, 0) is 12.5 Å². The Hall–Kier alpha value is -1.82. The second-order valence-corrected chi connectivity index (χ2v) is 4.05. The number of carboxylic acids is 1. The maximum Gasteiger partial charge on any atom is 0.337 e. The van der Waals surface area contributed by atoms with Gasteiger partial charge >= 0.3 is 5.97 Å². The summed E-state index contributed by atoms with van der Waals surface area (Å²) in [4.78, 5) is 15.0. The zero-order valence-corrected chi connectivity index (χ0v) is 10.6. The van der Waals surface area contributed by atoms with Crippen LogP contribution in [0.25, 0.3) is 0 Å². The Kier molecular flexibility index (Phi) is 5.38. The van der Waals surface area contributed by atoms with Crippen molar-refractivity contribution in [2.45, 2.75) is 25.8 Å². The SMILES string of the molecule is CCCC(COC)Nc1cc(C(=O)O)c(N)cn1. The average molecular weight is 253 g/mol. The van der Waals surface area contributed by atoms with Crippen molar-refractivity contribution in [3.8, 4) is 0 Å². The van der Waals surface area contributed by atoms with Gasteiger partial charge in [-0.1, -0.05) is 13.3 Å². The normalized spacial score (nSPS) is 12.1. The summed E-state index contributed by atoms with van der Waals surface area (Å²) >= 11 is 0. The molecule has 100 valence electrons. The Balaban J connectivity index is 2.82. The third-order valence-electron chi connectivity index (χ3n) is 2.52. The molecule has 0 aliphatic rings. The van der Waals surface area contributed by atoms with Gasteiger partial charge in [0.2, 0.25) is 0 Å². The number of rotatable bonds is 7. The van der Waals surface area contributed by atoms with Crippen LogP contribution in [0, 0.1) is 0 Å². The fourth-order valence-corrected chi connectivity index (χ4v) is 1.69. The molecule has 0 spiro atoms. The van der Waals surface area contributed by atoms with Gasteiger partial charge in [0.05, 0.1) is 30.1 Å². The van der Waals surface area contributed by atoms with Crippen LogP contribution in [0.15, 0.2) is 12.3 Å². The zero-order valence-electron chi connectivity index (χ0n) is 10.6. The number of anilines is 2. The lowest BCUT2D eigenvalue weighted by Crippen LogP contribution is -2.25. The van der Waals surface area contributed by atoms with Gasteiger partial charge in [-0.3, -0.25) is 0 Å². The number of methoxy groups -OCH3 is 1. The third kappa shape index (κ3) is 3.89. The molecule has 6 heteroatoms. The van der Waals surface area contributed by atoms with Gasteiger partial charge in [-0.15, -0.1) is 0 Å². The van der Waals surface area contributed by atoms with Gasteiger partial charge in [-0.25, -0.2) is 9.78 Å². The molecule has 0 aliphatic carbocycles. The smallest absolute Gasteiger partial charge is 0.337 e. The molecule has 1 aromatic heterocycles. The minimum atomic E-state index is -1.06. The van der Waals surface area contributed by atoms with Crippen molar-refractivity contribution in [3.05, 3.63) is 17.8 Å². The number of nitrogen functional groups attached to an aromatic ring is 1. The van der Waals surface area contributed by atoms with Gasteiger partial charge in [0, 0.05) is 7.11 Å². The highest BCUT2D eigenvalue weighted by Gasteiger charge is 2.12. The maximum atomic E-state index is 11.0. The Morgan fingerprint density at radius 1 is 1.67 bits per heavy atom. The van der Waals surface area contributed by atoms with Crippen molar-refractivity contribution in [1.29, 1.82) is 0 Å². The lowest BCUT2D eigenvalue weighted by atomic mass is 10.1. The lowest BCUT2D eigenvalue weighted by Gasteiger charge is -2.18. The fraction of sp³-hybridized carbons (Fsp3) is 0.500. The number of aromatic carboxylic acids is 1. The molecule has 1 heterocycles. The summed E-state index contributed by atoms with van der Waals surface area (Å²) in [5.41, 5.74) is 5.76. The van der Waals surface area contributed by atoms with Crippen molar-refractivity contribution < 1.29 is 14.6 Å². The standard InChI is InChI=1S/C12H19N3O3/c1-3-4-8(7-18-2)15-11-5-9(12(16)17)10(13)6-14-11/h5-6,8H,3-4,7,13H2,1-2H3,(H,14,15)(H,16,17). The third-order valence-corrected chi connectivity index (χ3v) is 2.52. The van der Waals surface area contributed by atoms with E-state index in [0.717, 1.165) is 12.8 Å². The van der Waals surface area contributed by atoms with Crippen LogP contribution in [-0.2, 0) is 4.74 Å². The molecule has 0 saturated carbocycles. The molecule has 18 heavy (non-hydrogen) atoms. The van der Waals surface area contributed by atoms with E-state index in [4.69, 9.17) is 15.6 Å². The van der Waals surface area contributed by atoms with Gasteiger partial charge in [0.1, 0.15) is 5.82 Å². The van der Waals surface area contributed by atoms with Crippen molar-refractivity contribution in [2.75, 3.05) is 24.8 Å². The van der Waals surface area contributed by atoms with E-state index in [9.17, 15) is 4.79 Å². The van der Waals surface area contributed by atoms with Gasteiger partial charge < -0.3 is 20.9 Å². The monoisotopic (exact) mass is 253 g/mol. The summed E-state index contributed by atoms with van der Waals surface area (Å²) in [7, 11) is 1.63. The van der Waals surface area contributed by atoms with Crippen LogP contribution in [-0.4, -0.2) is 35.8 Å². The van der Waals surface area contributed by atoms with Crippen LogP contribution in [0.5, 0.6) is 0 Å². The number of ether oxygens (including phenoxy) is 1. The van der Waals surface area contributed by atoms with E-state index in [1.165, 1.54) is 12.3 Å². The van der Waals surface area contributed by atoms with Crippen LogP contribution in [0.1, 0.15) is 30.1 Å². The summed E-state index contributed by atoms with van der Waals surface area (Å²) in [6.07, 6.45) is 3.27. The molecule has 1 atom stereocenters. The van der Waals surface area contributed by atoms with Crippen LogP contribution < -0.4 is 11.1 Å². The number of nitrogens with zero attached hydrogens (tertiary/aromatic N) is 1. The molecule has 1 rings (SSSR count). The van der Waals surface area contributed by atoms with Gasteiger partial charge in [0.15, 0.2) is 0 Å². The first-order chi connectivity index (χ1) is 8.58. The van der Waals surface area contributed by atoms with Crippen molar-refractivity contribution in [1.82, 2.24) is 4.98 Å². The number of pyridine rings is 1. The van der Waals surface area contributed by atoms with E-state index in [0.29, 0.717) is 12.4 Å². The summed E-state index contributed by atoms with van der Waals surface area (Å²) in [5.74, 6) is -0.561. The summed E-state index contributed by atoms with van der Waals surface area (Å²) in [5, 5.41) is 12.1. The molecule has 0 aromatic carbocycles. The largest absolute Gasteiger partial charge is 0.478 e. The number of hydrogen-bond acceptors (Lipinski definition) is 5. The predicted octanol–water partition coefficient (Wildman–Crippen LogP) is 1.59. The molecule has 4 N–H and O–H groups in total. The number of carboxylic acid groups (broad SMARTS) is 1. The molecule has 1 unspecified atom stereocenters. The first kappa shape index (κ1) is 14.2. The molecule has 1 aromatic rings. The summed E-state index contributed by atoms with van der Waals surface area (Å²) < 4.78 is 5.10. The second kappa shape index (κ2) is 6.80. The van der Waals surface area contributed by atoms with Crippen molar-refractivity contribution in [3.63, 3.8) is 0 Å². The second-order valence-electron chi connectivity index (χ2n) is 4.05. The molecule has 0 saturated heterocycles. The molecular formula is C12H19N3O3. The highest BCUT2D eigenvalue weighted by Crippen LogP contribution is 2.16. The van der Waals surface area contributed by atoms with Crippen LogP contribution in [0.3, 0.4) is 0 Å². The summed E-state index contributed by atoms with van der Waals surface area (Å²) in [6, 6.07) is 1.55. The first-order valence-electron chi connectivity index (χ1n) is 5.82. The van der Waals surface area contributed by atoms with Crippen LogP contribution >= 0.6 is 0 Å². The van der Waals surface area contributed by atoms with Crippen LogP contribution in [0.2, 0.25) is 0 Å². The molecule has 0 fully saturated rings. The number of aromatic nitrogens is 1. The van der Waals surface area contributed by atoms with E-state index in [-0.39, 0.29) is 17.3 Å². The number of nitrogens with two attached hydrogens (primary N) is 1. The Morgan fingerprint density at radius 3 is 2.94 bits per heavy atom. The van der Waals surface area contributed by atoms with Gasteiger partial charge in [-0.2, -0.15) is 0 Å². The molecule has 0 aliphatic heterocycles. The van der Waals surface area contributed by atoms with Crippen molar-refractivity contribution in [2.24, 2.45) is 0 Å². The zero-order chi connectivity index (χ0) is 13.5. The molecule has 0 amide bonds. The minimum Gasteiger partial charge on any atom is -0.478 e. The van der Waals surface area contributed by atoms with E-state index >= 15 is 0 Å². The number of carbonyl (C=O) groups is 1. The Bertz CT molecular complexity index is 404. The van der Waals surface area contributed by atoms with E-state index in [2.05, 4.69) is 17.2 Å². The first-order valence-corrected chi connectivity index (χ1v) is 5.82. The molecule has 0 radical (unpaired) electrons.